The molecule has 3 aromatic rings. The van der Waals surface area contributed by atoms with Crippen LogP contribution in [0, 0.1) is 0 Å². The fourth-order valence-electron chi connectivity index (χ4n) is 2.63. The van der Waals surface area contributed by atoms with Gasteiger partial charge in [-0.1, -0.05) is 18.2 Å². The summed E-state index contributed by atoms with van der Waals surface area (Å²) in [6.45, 7) is 1.07. The van der Waals surface area contributed by atoms with Crippen molar-refractivity contribution in [3.63, 3.8) is 0 Å². The Kier molecular flexibility index (Phi) is 5.05. The Bertz CT molecular complexity index is 780. The lowest BCUT2D eigenvalue weighted by Gasteiger charge is -2.04. The molecule has 1 aromatic carbocycles. The molecule has 0 aliphatic carbocycles. The Balaban J connectivity index is 1.83. The number of anilines is 1. The number of para-hydroxylation sites is 1. The minimum absolute atomic E-state index is 0.134. The molecule has 2 heterocycles. The number of rotatable bonds is 7. The molecule has 120 valence electrons. The van der Waals surface area contributed by atoms with Crippen LogP contribution in [0.4, 0.5) is 5.13 Å². The van der Waals surface area contributed by atoms with E-state index >= 15 is 0 Å². The van der Waals surface area contributed by atoms with Gasteiger partial charge in [-0.05, 0) is 25.3 Å². The van der Waals surface area contributed by atoms with Gasteiger partial charge in [-0.3, -0.25) is 10.1 Å². The Morgan fingerprint density at radius 3 is 2.91 bits per heavy atom. The minimum atomic E-state index is -0.134. The third-order valence-corrected chi connectivity index (χ3v) is 4.43. The van der Waals surface area contributed by atoms with Crippen molar-refractivity contribution >= 4 is 33.3 Å². The van der Waals surface area contributed by atoms with Crippen LogP contribution in [0.25, 0.3) is 10.9 Å². The summed E-state index contributed by atoms with van der Waals surface area (Å²) in [5.74, 6) is -0.134. The zero-order valence-electron chi connectivity index (χ0n) is 12.7. The normalized spacial score (nSPS) is 11.0. The van der Waals surface area contributed by atoms with E-state index in [1.54, 1.807) is 6.20 Å². The Morgan fingerprint density at radius 2 is 2.13 bits per heavy atom. The number of aliphatic hydroxyl groups is 1. The van der Waals surface area contributed by atoms with E-state index in [9.17, 15) is 4.79 Å². The van der Waals surface area contributed by atoms with Crippen molar-refractivity contribution in [2.45, 2.75) is 25.8 Å². The summed E-state index contributed by atoms with van der Waals surface area (Å²) >= 11 is 1.40. The summed E-state index contributed by atoms with van der Waals surface area (Å²) in [5, 5.41) is 15.1. The van der Waals surface area contributed by atoms with Gasteiger partial charge in [-0.15, -0.1) is 11.3 Å². The van der Waals surface area contributed by atoms with E-state index in [1.165, 1.54) is 11.3 Å². The quantitative estimate of drug-likeness (QED) is 0.652. The molecule has 0 saturated heterocycles. The third kappa shape index (κ3) is 3.60. The molecule has 2 N–H and O–H groups in total. The summed E-state index contributed by atoms with van der Waals surface area (Å²) in [6, 6.07) is 7.92. The van der Waals surface area contributed by atoms with Crippen molar-refractivity contribution in [3.05, 3.63) is 47.6 Å². The van der Waals surface area contributed by atoms with Crippen LogP contribution in [-0.4, -0.2) is 27.2 Å². The average molecular weight is 329 g/mol. The summed E-state index contributed by atoms with van der Waals surface area (Å²) in [6.07, 6.45) is 6.35. The van der Waals surface area contributed by atoms with Crippen LogP contribution in [0.3, 0.4) is 0 Å². The molecule has 0 atom stereocenters. The maximum absolute atomic E-state index is 12.5. The second-order valence-electron chi connectivity index (χ2n) is 5.33. The molecular weight excluding hydrogens is 310 g/mol. The summed E-state index contributed by atoms with van der Waals surface area (Å²) in [4.78, 5) is 16.6. The SMILES string of the molecule is O=C(Nc1nccs1)c1cn(CCCCCO)c2ccccc12. The molecule has 0 bridgehead atoms. The van der Waals surface area contributed by atoms with Crippen LogP contribution >= 0.6 is 11.3 Å². The molecule has 1 amide bonds. The number of unbranched alkanes of at least 4 members (excludes halogenated alkanes) is 2. The Hall–Kier alpha value is -2.18. The number of hydrogen-bond donors (Lipinski definition) is 2. The van der Waals surface area contributed by atoms with Gasteiger partial charge in [0.1, 0.15) is 0 Å². The zero-order valence-corrected chi connectivity index (χ0v) is 13.6. The molecule has 6 heteroatoms. The van der Waals surface area contributed by atoms with Gasteiger partial charge in [-0.25, -0.2) is 4.98 Å². The lowest BCUT2D eigenvalue weighted by atomic mass is 10.1. The monoisotopic (exact) mass is 329 g/mol. The molecule has 0 aliphatic heterocycles. The van der Waals surface area contributed by atoms with Crippen LogP contribution in [-0.2, 0) is 6.54 Å². The van der Waals surface area contributed by atoms with E-state index in [0.717, 1.165) is 36.7 Å². The number of fused-ring (bicyclic) bond motifs is 1. The van der Waals surface area contributed by atoms with Gasteiger partial charge in [0.05, 0.1) is 5.56 Å². The maximum atomic E-state index is 12.5. The van der Waals surface area contributed by atoms with Crippen molar-refractivity contribution in [3.8, 4) is 0 Å². The number of carbonyl (C=O) groups excluding carboxylic acids is 1. The molecule has 0 radical (unpaired) electrons. The van der Waals surface area contributed by atoms with Crippen molar-refractivity contribution in [1.29, 1.82) is 0 Å². The predicted molar refractivity (Wildman–Crippen MR) is 92.9 cm³/mol. The Morgan fingerprint density at radius 1 is 1.26 bits per heavy atom. The Labute approximate surface area is 138 Å². The van der Waals surface area contributed by atoms with Gasteiger partial charge in [-0.2, -0.15) is 0 Å². The highest BCUT2D eigenvalue weighted by molar-refractivity contribution is 7.13. The number of aromatic nitrogens is 2. The van der Waals surface area contributed by atoms with Gasteiger partial charge in [0.25, 0.3) is 5.91 Å². The highest BCUT2D eigenvalue weighted by Crippen LogP contribution is 2.23. The summed E-state index contributed by atoms with van der Waals surface area (Å²) in [5.41, 5.74) is 1.72. The molecule has 2 aromatic heterocycles. The molecule has 5 nitrogen and oxygen atoms in total. The number of benzene rings is 1. The standard InChI is InChI=1S/C17H19N3O2S/c21-10-5-1-4-9-20-12-14(13-6-2-3-7-15(13)20)16(22)19-17-18-8-11-23-17/h2-3,6-8,11-12,21H,1,4-5,9-10H2,(H,18,19,22). The van der Waals surface area contributed by atoms with Crippen LogP contribution in [0.5, 0.6) is 0 Å². The van der Waals surface area contributed by atoms with E-state index in [2.05, 4.69) is 14.9 Å². The van der Waals surface area contributed by atoms with Gasteiger partial charge >= 0.3 is 0 Å². The van der Waals surface area contributed by atoms with Crippen molar-refractivity contribution in [2.75, 3.05) is 11.9 Å². The second kappa shape index (κ2) is 7.39. The number of amides is 1. The first-order chi connectivity index (χ1) is 11.3. The van der Waals surface area contributed by atoms with Crippen molar-refractivity contribution in [2.24, 2.45) is 0 Å². The topological polar surface area (TPSA) is 67.2 Å². The molecule has 0 aliphatic rings. The molecule has 0 fully saturated rings. The molecule has 3 rings (SSSR count). The highest BCUT2D eigenvalue weighted by atomic mass is 32.1. The fourth-order valence-corrected chi connectivity index (χ4v) is 3.16. The number of carbonyl (C=O) groups is 1. The van der Waals surface area contributed by atoms with Gasteiger partial charge in [0.15, 0.2) is 5.13 Å². The highest BCUT2D eigenvalue weighted by Gasteiger charge is 2.15. The lowest BCUT2D eigenvalue weighted by molar-refractivity contribution is 0.102. The first-order valence-corrected chi connectivity index (χ1v) is 8.57. The predicted octanol–water partition coefficient (Wildman–Crippen LogP) is 3.51. The molecular formula is C17H19N3O2S. The van der Waals surface area contributed by atoms with E-state index in [4.69, 9.17) is 5.11 Å². The molecule has 0 saturated carbocycles. The van der Waals surface area contributed by atoms with Crippen LogP contribution in [0.2, 0.25) is 0 Å². The third-order valence-electron chi connectivity index (χ3n) is 3.74. The number of hydrogen-bond acceptors (Lipinski definition) is 4. The van der Waals surface area contributed by atoms with E-state index in [1.807, 2.05) is 35.8 Å². The number of thiazole rings is 1. The molecule has 0 spiro atoms. The maximum Gasteiger partial charge on any atom is 0.259 e. The van der Waals surface area contributed by atoms with Crippen LogP contribution < -0.4 is 5.32 Å². The van der Waals surface area contributed by atoms with E-state index in [0.29, 0.717) is 10.7 Å². The van der Waals surface area contributed by atoms with Crippen molar-refractivity contribution < 1.29 is 9.90 Å². The number of nitrogens with zero attached hydrogens (tertiary/aromatic N) is 2. The lowest BCUT2D eigenvalue weighted by Crippen LogP contribution is -2.11. The van der Waals surface area contributed by atoms with Crippen molar-refractivity contribution in [1.82, 2.24) is 9.55 Å². The first kappa shape index (κ1) is 15.7. The average Bonchev–Trinajstić information content (AvgIpc) is 3.19. The smallest absolute Gasteiger partial charge is 0.259 e. The fraction of sp³-hybridized carbons (Fsp3) is 0.294. The summed E-state index contributed by atoms with van der Waals surface area (Å²) in [7, 11) is 0. The number of nitrogens with one attached hydrogen (secondary N) is 1. The van der Waals surface area contributed by atoms with Gasteiger partial charge in [0.2, 0.25) is 0 Å². The zero-order chi connectivity index (χ0) is 16.1. The molecule has 23 heavy (non-hydrogen) atoms. The van der Waals surface area contributed by atoms with E-state index in [-0.39, 0.29) is 12.5 Å². The minimum Gasteiger partial charge on any atom is -0.396 e. The summed E-state index contributed by atoms with van der Waals surface area (Å²) < 4.78 is 2.11. The largest absolute Gasteiger partial charge is 0.396 e. The van der Waals surface area contributed by atoms with Gasteiger partial charge < -0.3 is 9.67 Å². The number of aryl methyl sites for hydroxylation is 1. The molecule has 0 unspecified atom stereocenters. The number of aliphatic hydroxyl groups excluding tert-OH is 1. The van der Waals surface area contributed by atoms with Crippen LogP contribution in [0.1, 0.15) is 29.6 Å². The van der Waals surface area contributed by atoms with Crippen LogP contribution in [0.15, 0.2) is 42.0 Å². The first-order valence-electron chi connectivity index (χ1n) is 7.69. The second-order valence-corrected chi connectivity index (χ2v) is 6.22. The van der Waals surface area contributed by atoms with Gasteiger partial charge in [0, 0.05) is 41.8 Å². The van der Waals surface area contributed by atoms with E-state index < -0.39 is 0 Å².